The van der Waals surface area contributed by atoms with Gasteiger partial charge in [0, 0.05) is 37.3 Å². The maximum absolute atomic E-state index is 12.6. The lowest BCUT2D eigenvalue weighted by Gasteiger charge is -2.42. The predicted molar refractivity (Wildman–Crippen MR) is 88.7 cm³/mol. The second kappa shape index (κ2) is 6.91. The van der Waals surface area contributed by atoms with Crippen LogP contribution in [0.1, 0.15) is 15.9 Å². The molecule has 1 aliphatic rings. The highest BCUT2D eigenvalue weighted by molar-refractivity contribution is 5.94. The van der Waals surface area contributed by atoms with E-state index in [1.165, 1.54) is 0 Å². The van der Waals surface area contributed by atoms with E-state index in [9.17, 15) is 9.90 Å². The molecule has 0 aliphatic carbocycles. The molecule has 3 N–H and O–H groups in total. The minimum atomic E-state index is -1.52. The van der Waals surface area contributed by atoms with Crippen molar-refractivity contribution in [2.45, 2.75) is 5.85 Å². The van der Waals surface area contributed by atoms with E-state index in [4.69, 9.17) is 0 Å². The van der Waals surface area contributed by atoms with Crippen molar-refractivity contribution in [2.75, 3.05) is 26.2 Å². The first-order chi connectivity index (χ1) is 11.2. The van der Waals surface area contributed by atoms with Gasteiger partial charge in [-0.05, 0) is 12.1 Å². The summed E-state index contributed by atoms with van der Waals surface area (Å²) < 4.78 is 0. The van der Waals surface area contributed by atoms with Crippen LogP contribution in [0.15, 0.2) is 60.7 Å². The lowest BCUT2D eigenvalue weighted by molar-refractivity contribution is -0.138. The molecule has 2 aromatic rings. The van der Waals surface area contributed by atoms with Crippen LogP contribution in [0.25, 0.3) is 0 Å². The summed E-state index contributed by atoms with van der Waals surface area (Å²) in [5.41, 5.74) is 1.18. The van der Waals surface area contributed by atoms with Gasteiger partial charge in [-0.1, -0.05) is 48.5 Å². The molecule has 0 aromatic heterocycles. The molecule has 1 aliphatic heterocycles. The Morgan fingerprint density at radius 3 is 2.17 bits per heavy atom. The third-order valence-corrected chi connectivity index (χ3v) is 4.07. The number of nitrogens with zero attached hydrogens (tertiary/aromatic N) is 1. The van der Waals surface area contributed by atoms with Gasteiger partial charge in [0.2, 0.25) is 5.85 Å². The van der Waals surface area contributed by atoms with Gasteiger partial charge >= 0.3 is 0 Å². The number of carbonyl (C=O) groups excluding carboxylic acids is 1. The fraction of sp³-hybridized carbons (Fsp3) is 0.278. The number of benzene rings is 2. The van der Waals surface area contributed by atoms with E-state index in [0.717, 1.165) is 13.1 Å². The van der Waals surface area contributed by atoms with Gasteiger partial charge in [-0.25, -0.2) is 0 Å². The lowest BCUT2D eigenvalue weighted by atomic mass is 10.1. The number of aliphatic hydroxyl groups is 1. The first kappa shape index (κ1) is 15.7. The van der Waals surface area contributed by atoms with Crippen LogP contribution in [-0.2, 0) is 5.85 Å². The van der Waals surface area contributed by atoms with E-state index in [1.54, 1.807) is 24.3 Å². The summed E-state index contributed by atoms with van der Waals surface area (Å²) in [5, 5.41) is 17.4. The van der Waals surface area contributed by atoms with E-state index in [2.05, 4.69) is 10.6 Å². The monoisotopic (exact) mass is 311 g/mol. The Balaban J connectivity index is 1.90. The lowest BCUT2D eigenvalue weighted by Crippen LogP contribution is -2.62. The maximum atomic E-state index is 12.6. The zero-order valence-electron chi connectivity index (χ0n) is 12.9. The molecule has 1 saturated heterocycles. The molecular formula is C18H21N3O2. The minimum absolute atomic E-state index is 0.296. The van der Waals surface area contributed by atoms with E-state index >= 15 is 0 Å². The number of rotatable bonds is 4. The molecule has 23 heavy (non-hydrogen) atoms. The van der Waals surface area contributed by atoms with Crippen molar-refractivity contribution in [1.82, 2.24) is 15.5 Å². The SMILES string of the molecule is O=C(NC(O)(c1ccccc1)N1CCNCC1)c1ccccc1. The summed E-state index contributed by atoms with van der Waals surface area (Å²) >= 11 is 0. The predicted octanol–water partition coefficient (Wildman–Crippen LogP) is 1.12. The number of hydrogen-bond acceptors (Lipinski definition) is 4. The summed E-state index contributed by atoms with van der Waals surface area (Å²) in [4.78, 5) is 14.5. The van der Waals surface area contributed by atoms with Gasteiger partial charge in [0.05, 0.1) is 0 Å². The second-order valence-electron chi connectivity index (χ2n) is 5.60. The minimum Gasteiger partial charge on any atom is -0.355 e. The Morgan fingerprint density at radius 1 is 1.00 bits per heavy atom. The second-order valence-corrected chi connectivity index (χ2v) is 5.60. The summed E-state index contributed by atoms with van der Waals surface area (Å²) in [6.45, 7) is 2.85. The Bertz CT molecular complexity index is 642. The van der Waals surface area contributed by atoms with Crippen LogP contribution in [-0.4, -0.2) is 42.1 Å². The van der Waals surface area contributed by atoms with Gasteiger partial charge in [0.25, 0.3) is 5.91 Å². The standard InChI is InChI=1S/C18H21N3O2/c22-17(15-7-3-1-4-8-15)20-18(23,16-9-5-2-6-10-16)21-13-11-19-12-14-21/h1-10,19,23H,11-14H2,(H,20,22). The molecule has 1 unspecified atom stereocenters. The third kappa shape index (κ3) is 3.42. The van der Waals surface area contributed by atoms with Crippen molar-refractivity contribution in [3.05, 3.63) is 71.8 Å². The fourth-order valence-electron chi connectivity index (χ4n) is 2.81. The average molecular weight is 311 g/mol. The molecule has 5 nitrogen and oxygen atoms in total. The Hall–Kier alpha value is -2.21. The highest BCUT2D eigenvalue weighted by atomic mass is 16.3. The molecule has 0 saturated carbocycles. The highest BCUT2D eigenvalue weighted by Crippen LogP contribution is 2.24. The van der Waals surface area contributed by atoms with Crippen molar-refractivity contribution >= 4 is 5.91 Å². The van der Waals surface area contributed by atoms with Gasteiger partial charge in [0.1, 0.15) is 0 Å². The van der Waals surface area contributed by atoms with E-state index in [0.29, 0.717) is 24.2 Å². The summed E-state index contributed by atoms with van der Waals surface area (Å²) in [5.74, 6) is -1.81. The van der Waals surface area contributed by atoms with Crippen LogP contribution in [0.3, 0.4) is 0 Å². The molecule has 0 radical (unpaired) electrons. The molecule has 5 heteroatoms. The van der Waals surface area contributed by atoms with Crippen LogP contribution >= 0.6 is 0 Å². The van der Waals surface area contributed by atoms with Crippen LogP contribution in [0.2, 0.25) is 0 Å². The first-order valence-corrected chi connectivity index (χ1v) is 7.81. The summed E-state index contributed by atoms with van der Waals surface area (Å²) in [6, 6.07) is 18.2. The first-order valence-electron chi connectivity index (χ1n) is 7.81. The van der Waals surface area contributed by atoms with Gasteiger partial charge in [-0.2, -0.15) is 0 Å². The highest BCUT2D eigenvalue weighted by Gasteiger charge is 2.38. The molecule has 0 bridgehead atoms. The smallest absolute Gasteiger partial charge is 0.254 e. The van der Waals surface area contributed by atoms with Crippen LogP contribution < -0.4 is 10.6 Å². The molecule has 1 heterocycles. The van der Waals surface area contributed by atoms with Crippen LogP contribution in [0, 0.1) is 0 Å². The van der Waals surface area contributed by atoms with Gasteiger partial charge in [-0.15, -0.1) is 0 Å². The third-order valence-electron chi connectivity index (χ3n) is 4.07. The molecule has 0 spiro atoms. The molecule has 1 atom stereocenters. The van der Waals surface area contributed by atoms with Gasteiger partial charge in [0.15, 0.2) is 0 Å². The van der Waals surface area contributed by atoms with E-state index in [1.807, 2.05) is 41.3 Å². The number of piperazine rings is 1. The van der Waals surface area contributed by atoms with Gasteiger partial charge in [-0.3, -0.25) is 9.69 Å². The van der Waals surface area contributed by atoms with Crippen molar-refractivity contribution in [3.8, 4) is 0 Å². The van der Waals surface area contributed by atoms with E-state index < -0.39 is 5.85 Å². The number of nitrogens with one attached hydrogen (secondary N) is 2. The Kier molecular flexibility index (Phi) is 4.71. The van der Waals surface area contributed by atoms with Crippen molar-refractivity contribution in [3.63, 3.8) is 0 Å². The van der Waals surface area contributed by atoms with Gasteiger partial charge < -0.3 is 15.7 Å². The zero-order chi connectivity index (χ0) is 16.1. The Morgan fingerprint density at radius 2 is 1.57 bits per heavy atom. The van der Waals surface area contributed by atoms with Crippen molar-refractivity contribution in [2.24, 2.45) is 0 Å². The molecule has 1 amide bonds. The summed E-state index contributed by atoms with van der Waals surface area (Å²) in [7, 11) is 0. The molecule has 120 valence electrons. The topological polar surface area (TPSA) is 64.6 Å². The number of hydrogen-bond donors (Lipinski definition) is 3. The molecule has 2 aromatic carbocycles. The normalized spacial score (nSPS) is 18.1. The molecular weight excluding hydrogens is 290 g/mol. The number of carbonyl (C=O) groups is 1. The summed E-state index contributed by atoms with van der Waals surface area (Å²) in [6.07, 6.45) is 0. The molecule has 1 fully saturated rings. The fourth-order valence-corrected chi connectivity index (χ4v) is 2.81. The largest absolute Gasteiger partial charge is 0.355 e. The van der Waals surface area contributed by atoms with Crippen molar-refractivity contribution in [1.29, 1.82) is 0 Å². The molecule has 3 rings (SSSR count). The van der Waals surface area contributed by atoms with E-state index in [-0.39, 0.29) is 5.91 Å². The quantitative estimate of drug-likeness (QED) is 0.741. The number of amides is 1. The Labute approximate surface area is 135 Å². The maximum Gasteiger partial charge on any atom is 0.254 e. The van der Waals surface area contributed by atoms with Crippen molar-refractivity contribution < 1.29 is 9.90 Å². The van der Waals surface area contributed by atoms with Crippen LogP contribution in [0.5, 0.6) is 0 Å². The van der Waals surface area contributed by atoms with Crippen LogP contribution in [0.4, 0.5) is 0 Å². The average Bonchev–Trinajstić information content (AvgIpc) is 2.64. The zero-order valence-corrected chi connectivity index (χ0v) is 12.9.